The zero-order valence-corrected chi connectivity index (χ0v) is 3.11. The van der Waals surface area contributed by atoms with Crippen molar-refractivity contribution in [3.05, 3.63) is 0 Å². The molecule has 0 aliphatic rings. The second-order valence-corrected chi connectivity index (χ2v) is 0.899. The Balaban J connectivity index is 3.17. The van der Waals surface area contributed by atoms with Gasteiger partial charge in [-0.05, 0) is 0 Å². The zero-order chi connectivity index (χ0) is 5.21. The molecule has 0 fully saturated rings. The molecule has 6 heavy (non-hydrogen) atoms. The van der Waals surface area contributed by atoms with Crippen LogP contribution in [-0.4, -0.2) is 11.4 Å². The fourth-order valence-electron chi connectivity index (χ4n) is 0. The molecular formula is C2H4F2O2. The molecule has 0 bridgehead atoms. The van der Waals surface area contributed by atoms with Crippen LogP contribution < -0.4 is 0 Å². The van der Waals surface area contributed by atoms with Crippen LogP contribution in [0.2, 0.25) is 0 Å². The largest absolute Gasteiger partial charge is 0.378 e. The molecule has 1 N–H and O–H groups in total. The van der Waals surface area contributed by atoms with E-state index in [1.807, 2.05) is 0 Å². The Hall–Kier alpha value is -0.220. The van der Waals surface area contributed by atoms with Gasteiger partial charge in [0.05, 0.1) is 0 Å². The summed E-state index contributed by atoms with van der Waals surface area (Å²) in [5.41, 5.74) is 0. The zero-order valence-electron chi connectivity index (χ0n) is 3.11. The van der Waals surface area contributed by atoms with E-state index in [1.54, 1.807) is 0 Å². The van der Waals surface area contributed by atoms with Crippen LogP contribution in [0.1, 0.15) is 6.92 Å². The summed E-state index contributed by atoms with van der Waals surface area (Å²) in [6, 6.07) is 0. The van der Waals surface area contributed by atoms with Crippen molar-refractivity contribution < 1.29 is 18.9 Å². The molecule has 0 aromatic carbocycles. The summed E-state index contributed by atoms with van der Waals surface area (Å²) < 4.78 is 22.0. The Kier molecular flexibility index (Phi) is 1.43. The molecule has 0 atom stereocenters. The molecule has 0 aliphatic heterocycles. The lowest BCUT2D eigenvalue weighted by Gasteiger charge is -2.00. The SMILES string of the molecule is CC(F)(F)OO. The smallest absolute Gasteiger partial charge is 0.246 e. The van der Waals surface area contributed by atoms with Crippen molar-refractivity contribution in [3.63, 3.8) is 0 Å². The number of halogens is 2. The lowest BCUT2D eigenvalue weighted by molar-refractivity contribution is -0.406. The molecule has 0 radical (unpaired) electrons. The van der Waals surface area contributed by atoms with Crippen LogP contribution in [0.15, 0.2) is 0 Å². The number of hydrogen-bond donors (Lipinski definition) is 1. The Morgan fingerprint density at radius 2 is 1.83 bits per heavy atom. The first-order valence-electron chi connectivity index (χ1n) is 1.26. The van der Waals surface area contributed by atoms with E-state index in [2.05, 4.69) is 4.89 Å². The summed E-state index contributed by atoms with van der Waals surface area (Å²) in [6.45, 7) is 0.438. The van der Waals surface area contributed by atoms with E-state index in [1.165, 1.54) is 0 Å². The molecule has 0 aromatic heterocycles. The standard InChI is InChI=1S/C2H4F2O2/c1-2(3,4)6-5/h5H,1H3. The minimum Gasteiger partial charge on any atom is -0.246 e. The second-order valence-electron chi connectivity index (χ2n) is 0.899. The van der Waals surface area contributed by atoms with Gasteiger partial charge >= 0.3 is 6.11 Å². The van der Waals surface area contributed by atoms with Crippen molar-refractivity contribution in [2.45, 2.75) is 13.0 Å². The van der Waals surface area contributed by atoms with Gasteiger partial charge in [0.2, 0.25) is 0 Å². The van der Waals surface area contributed by atoms with Gasteiger partial charge in [-0.1, -0.05) is 0 Å². The van der Waals surface area contributed by atoms with Gasteiger partial charge in [0.1, 0.15) is 0 Å². The molecular weight excluding hydrogens is 94.0 g/mol. The minimum atomic E-state index is -3.40. The van der Waals surface area contributed by atoms with Crippen molar-refractivity contribution in [2.75, 3.05) is 0 Å². The molecule has 0 saturated carbocycles. The van der Waals surface area contributed by atoms with E-state index < -0.39 is 6.11 Å². The highest BCUT2D eigenvalue weighted by Crippen LogP contribution is 2.09. The number of rotatable bonds is 1. The van der Waals surface area contributed by atoms with Gasteiger partial charge in [-0.15, -0.1) is 0 Å². The highest BCUT2D eigenvalue weighted by atomic mass is 19.3. The first-order valence-corrected chi connectivity index (χ1v) is 1.26. The van der Waals surface area contributed by atoms with E-state index in [0.29, 0.717) is 6.92 Å². The molecule has 4 heteroatoms. The van der Waals surface area contributed by atoms with Gasteiger partial charge in [0, 0.05) is 6.92 Å². The molecule has 38 valence electrons. The second kappa shape index (κ2) is 1.49. The van der Waals surface area contributed by atoms with Crippen LogP contribution in [-0.2, 0) is 4.89 Å². The fraction of sp³-hybridized carbons (Fsp3) is 1.00. The van der Waals surface area contributed by atoms with E-state index in [-0.39, 0.29) is 0 Å². The lowest BCUT2D eigenvalue weighted by Crippen LogP contribution is -2.11. The molecule has 2 nitrogen and oxygen atoms in total. The van der Waals surface area contributed by atoms with Crippen LogP contribution in [0.4, 0.5) is 8.78 Å². The first kappa shape index (κ1) is 5.78. The Bertz CT molecular complexity index is 39.3. The van der Waals surface area contributed by atoms with Gasteiger partial charge in [-0.2, -0.15) is 13.7 Å². The third-order valence-corrected chi connectivity index (χ3v) is 0.160. The lowest BCUT2D eigenvalue weighted by atomic mass is 10.8. The average Bonchev–Trinajstić information content (AvgIpc) is 1.35. The molecule has 0 aromatic rings. The summed E-state index contributed by atoms with van der Waals surface area (Å²) in [5.74, 6) is 0. The van der Waals surface area contributed by atoms with Gasteiger partial charge in [-0.25, -0.2) is 5.26 Å². The van der Waals surface area contributed by atoms with Crippen LogP contribution in [0, 0.1) is 0 Å². The van der Waals surface area contributed by atoms with E-state index in [9.17, 15) is 8.78 Å². The van der Waals surface area contributed by atoms with E-state index in [4.69, 9.17) is 5.26 Å². The minimum absolute atomic E-state index is 0.438. The quantitative estimate of drug-likeness (QED) is 0.393. The van der Waals surface area contributed by atoms with Crippen molar-refractivity contribution in [1.29, 1.82) is 0 Å². The third-order valence-electron chi connectivity index (χ3n) is 0.160. The maximum Gasteiger partial charge on any atom is 0.378 e. The van der Waals surface area contributed by atoms with Crippen LogP contribution in [0.5, 0.6) is 0 Å². The average molecular weight is 98.0 g/mol. The normalized spacial score (nSPS) is 12.0. The topological polar surface area (TPSA) is 29.5 Å². The molecule has 0 heterocycles. The molecule has 0 spiro atoms. The first-order chi connectivity index (χ1) is 2.56. The van der Waals surface area contributed by atoms with E-state index >= 15 is 0 Å². The van der Waals surface area contributed by atoms with Crippen molar-refractivity contribution in [3.8, 4) is 0 Å². The van der Waals surface area contributed by atoms with Gasteiger partial charge in [-0.3, -0.25) is 0 Å². The van der Waals surface area contributed by atoms with Crippen molar-refractivity contribution in [2.24, 2.45) is 0 Å². The molecule has 0 saturated heterocycles. The maximum absolute atomic E-state index is 11.0. The van der Waals surface area contributed by atoms with Gasteiger partial charge in [0.25, 0.3) is 0 Å². The fourth-order valence-corrected chi connectivity index (χ4v) is 0. The summed E-state index contributed by atoms with van der Waals surface area (Å²) >= 11 is 0. The molecule has 0 aliphatic carbocycles. The Labute approximate surface area is 33.3 Å². The predicted molar refractivity (Wildman–Crippen MR) is 14.3 cm³/mol. The third kappa shape index (κ3) is 3.78. The maximum atomic E-state index is 11.0. The molecule has 0 rings (SSSR count). The number of hydrogen-bond acceptors (Lipinski definition) is 2. The predicted octanol–water partition coefficient (Wildman–Crippen LogP) is 1.09. The highest BCUT2D eigenvalue weighted by molar-refractivity contribution is 4.27. The van der Waals surface area contributed by atoms with Crippen molar-refractivity contribution >= 4 is 0 Å². The summed E-state index contributed by atoms with van der Waals surface area (Å²) in [7, 11) is 0. The molecule has 0 unspecified atom stereocenters. The Morgan fingerprint density at radius 3 is 1.83 bits per heavy atom. The number of alkyl halides is 2. The van der Waals surface area contributed by atoms with Crippen LogP contribution >= 0.6 is 0 Å². The van der Waals surface area contributed by atoms with Gasteiger partial charge < -0.3 is 0 Å². The summed E-state index contributed by atoms with van der Waals surface area (Å²) in [4.78, 5) is 2.60. The Morgan fingerprint density at radius 1 is 1.67 bits per heavy atom. The van der Waals surface area contributed by atoms with E-state index in [0.717, 1.165) is 0 Å². The highest BCUT2D eigenvalue weighted by Gasteiger charge is 2.20. The summed E-state index contributed by atoms with van der Waals surface area (Å²) in [6.07, 6.45) is -3.40. The van der Waals surface area contributed by atoms with Gasteiger partial charge in [0.15, 0.2) is 0 Å². The van der Waals surface area contributed by atoms with Crippen LogP contribution in [0.25, 0.3) is 0 Å². The van der Waals surface area contributed by atoms with Crippen LogP contribution in [0.3, 0.4) is 0 Å². The molecule has 0 amide bonds. The van der Waals surface area contributed by atoms with Crippen molar-refractivity contribution in [1.82, 2.24) is 0 Å². The monoisotopic (exact) mass is 98.0 g/mol. The summed E-state index contributed by atoms with van der Waals surface area (Å²) in [5, 5.41) is 7.15.